The molecule has 26 heavy (non-hydrogen) atoms. The molecule has 3 rings (SSSR count). The molecule has 2 atom stereocenters. The van der Waals surface area contributed by atoms with Gasteiger partial charge in [0.2, 0.25) is 0 Å². The van der Waals surface area contributed by atoms with E-state index in [1.54, 1.807) is 24.1 Å². The van der Waals surface area contributed by atoms with E-state index in [9.17, 15) is 14.9 Å². The Hall–Kier alpha value is -2.88. The first-order valence-corrected chi connectivity index (χ1v) is 8.68. The number of carbonyl (C=O) groups excluding carboxylic acids is 2. The zero-order chi connectivity index (χ0) is 18.7. The molecule has 136 valence electrons. The van der Waals surface area contributed by atoms with Crippen LogP contribution in [0.15, 0.2) is 31.3 Å². The van der Waals surface area contributed by atoms with Gasteiger partial charge in [-0.25, -0.2) is 9.59 Å². The monoisotopic (exact) mass is 355 g/mol. The number of amides is 1. The van der Waals surface area contributed by atoms with Crippen LogP contribution >= 0.6 is 0 Å². The number of hydrogen-bond acceptors (Lipinski definition) is 6. The molecule has 0 aliphatic carbocycles. The third-order valence-corrected chi connectivity index (χ3v) is 5.20. The van der Waals surface area contributed by atoms with Gasteiger partial charge >= 0.3 is 12.1 Å². The molecular formula is C19H21N3O4. The highest BCUT2D eigenvalue weighted by molar-refractivity contribution is 5.89. The number of piperidine rings is 1. The van der Waals surface area contributed by atoms with E-state index >= 15 is 0 Å². The van der Waals surface area contributed by atoms with Crippen LogP contribution in [0.2, 0.25) is 0 Å². The lowest BCUT2D eigenvalue weighted by Crippen LogP contribution is -2.51. The predicted molar refractivity (Wildman–Crippen MR) is 92.0 cm³/mol. The average molecular weight is 355 g/mol. The van der Waals surface area contributed by atoms with Gasteiger partial charge in [-0.3, -0.25) is 4.98 Å². The molecule has 0 aromatic carbocycles. The summed E-state index contributed by atoms with van der Waals surface area (Å²) in [5, 5.41) is 9.97. The Morgan fingerprint density at radius 1 is 1.42 bits per heavy atom. The maximum atomic E-state index is 12.2. The average Bonchev–Trinajstić information content (AvgIpc) is 2.93. The fourth-order valence-corrected chi connectivity index (χ4v) is 4.10. The second kappa shape index (κ2) is 7.16. The lowest BCUT2D eigenvalue weighted by atomic mass is 9.71. The molecule has 2 fully saturated rings. The standard InChI is InChI=1S/C19H21N3O4/c1-3-25-17(23)13-7-14(11-21-10-13)19(12-20)8-15-5-6-16(9-19)22(15)18(24)26-4-2/h4,7,10-11,15-16H,2-3,5-6,8-9H2,1H3. The number of fused-ring (bicyclic) bond motifs is 2. The summed E-state index contributed by atoms with van der Waals surface area (Å²) in [6, 6.07) is 3.97. The molecule has 0 radical (unpaired) electrons. The van der Waals surface area contributed by atoms with E-state index in [1.807, 2.05) is 0 Å². The summed E-state index contributed by atoms with van der Waals surface area (Å²) in [5.74, 6) is -0.454. The first kappa shape index (κ1) is 17.9. The molecule has 2 saturated heterocycles. The number of esters is 1. The van der Waals surface area contributed by atoms with Crippen LogP contribution in [0, 0.1) is 11.3 Å². The summed E-state index contributed by atoms with van der Waals surface area (Å²) >= 11 is 0. The molecule has 7 nitrogen and oxygen atoms in total. The number of nitrogens with zero attached hydrogens (tertiary/aromatic N) is 3. The molecule has 1 aromatic rings. The number of rotatable bonds is 4. The van der Waals surface area contributed by atoms with Crippen LogP contribution < -0.4 is 0 Å². The van der Waals surface area contributed by atoms with Crippen molar-refractivity contribution in [1.29, 1.82) is 5.26 Å². The van der Waals surface area contributed by atoms with Crippen LogP contribution in [0.25, 0.3) is 0 Å². The van der Waals surface area contributed by atoms with E-state index in [2.05, 4.69) is 17.6 Å². The van der Waals surface area contributed by atoms with Gasteiger partial charge in [0.25, 0.3) is 0 Å². The maximum Gasteiger partial charge on any atom is 0.415 e. The van der Waals surface area contributed by atoms with Crippen LogP contribution in [-0.4, -0.2) is 40.6 Å². The van der Waals surface area contributed by atoms with Crippen LogP contribution in [0.5, 0.6) is 0 Å². The Labute approximate surface area is 152 Å². The molecule has 7 heteroatoms. The number of nitriles is 1. The number of ether oxygens (including phenoxy) is 2. The molecule has 1 amide bonds. The molecule has 2 unspecified atom stereocenters. The van der Waals surface area contributed by atoms with Gasteiger partial charge in [-0.15, -0.1) is 0 Å². The molecule has 0 spiro atoms. The maximum absolute atomic E-state index is 12.2. The molecule has 2 aliphatic rings. The molecule has 1 aromatic heterocycles. The van der Waals surface area contributed by atoms with Gasteiger partial charge in [-0.2, -0.15) is 5.26 Å². The van der Waals surface area contributed by atoms with Crippen LogP contribution in [0.4, 0.5) is 4.79 Å². The van der Waals surface area contributed by atoms with E-state index < -0.39 is 17.5 Å². The Bertz CT molecular complexity index is 756. The zero-order valence-electron chi connectivity index (χ0n) is 14.7. The van der Waals surface area contributed by atoms with Gasteiger partial charge in [-0.1, -0.05) is 6.58 Å². The van der Waals surface area contributed by atoms with Crippen molar-refractivity contribution in [2.45, 2.75) is 50.1 Å². The fourth-order valence-electron chi connectivity index (χ4n) is 4.10. The topological polar surface area (TPSA) is 92.5 Å². The minimum Gasteiger partial charge on any atom is -0.462 e. The van der Waals surface area contributed by atoms with Crippen molar-refractivity contribution in [2.24, 2.45) is 0 Å². The SMILES string of the molecule is C=COC(=O)N1C2CCC1CC(C#N)(c1cncc(C(=O)OCC)c1)C2. The van der Waals surface area contributed by atoms with Crippen molar-refractivity contribution in [3.05, 3.63) is 42.4 Å². The molecular weight excluding hydrogens is 334 g/mol. The van der Waals surface area contributed by atoms with Gasteiger partial charge in [0.05, 0.1) is 29.9 Å². The molecule has 2 aliphatic heterocycles. The third-order valence-electron chi connectivity index (χ3n) is 5.20. The molecule has 0 saturated carbocycles. The highest BCUT2D eigenvalue weighted by Crippen LogP contribution is 2.47. The summed E-state index contributed by atoms with van der Waals surface area (Å²) in [6.45, 7) is 5.44. The molecule has 0 N–H and O–H groups in total. The van der Waals surface area contributed by atoms with Crippen molar-refractivity contribution in [3.63, 3.8) is 0 Å². The Morgan fingerprint density at radius 2 is 2.12 bits per heavy atom. The smallest absolute Gasteiger partial charge is 0.415 e. The summed E-state index contributed by atoms with van der Waals surface area (Å²) in [6.07, 6.45) is 6.40. The van der Waals surface area contributed by atoms with Crippen LogP contribution in [-0.2, 0) is 14.9 Å². The molecule has 2 bridgehead atoms. The predicted octanol–water partition coefficient (Wildman–Crippen LogP) is 2.93. The Kier molecular flexibility index (Phi) is 4.94. The van der Waals surface area contributed by atoms with Gasteiger partial charge in [0.15, 0.2) is 0 Å². The van der Waals surface area contributed by atoms with Crippen molar-refractivity contribution >= 4 is 12.1 Å². The summed E-state index contributed by atoms with van der Waals surface area (Å²) in [5.41, 5.74) is 0.241. The van der Waals surface area contributed by atoms with E-state index in [0.29, 0.717) is 24.0 Å². The van der Waals surface area contributed by atoms with Gasteiger partial charge in [-0.05, 0) is 44.2 Å². The minimum absolute atomic E-state index is 0.0768. The number of hydrogen-bond donors (Lipinski definition) is 0. The van der Waals surface area contributed by atoms with Gasteiger partial charge in [0, 0.05) is 24.5 Å². The van der Waals surface area contributed by atoms with E-state index in [4.69, 9.17) is 9.47 Å². The van der Waals surface area contributed by atoms with Gasteiger partial charge in [0.1, 0.15) is 0 Å². The highest BCUT2D eigenvalue weighted by atomic mass is 16.5. The fraction of sp³-hybridized carbons (Fsp3) is 0.474. The van der Waals surface area contributed by atoms with E-state index in [1.165, 1.54) is 6.20 Å². The quantitative estimate of drug-likeness (QED) is 0.609. The van der Waals surface area contributed by atoms with E-state index in [-0.39, 0.29) is 18.7 Å². The van der Waals surface area contributed by atoms with Gasteiger partial charge < -0.3 is 14.4 Å². The Balaban J connectivity index is 1.89. The zero-order valence-corrected chi connectivity index (χ0v) is 14.7. The third kappa shape index (κ3) is 3.03. The van der Waals surface area contributed by atoms with Crippen molar-refractivity contribution < 1.29 is 19.1 Å². The lowest BCUT2D eigenvalue weighted by molar-refractivity contribution is 0.0525. The normalized spacial score (nSPS) is 26.7. The van der Waals surface area contributed by atoms with Crippen molar-refractivity contribution in [1.82, 2.24) is 9.88 Å². The van der Waals surface area contributed by atoms with Crippen molar-refractivity contribution in [3.8, 4) is 6.07 Å². The number of pyridine rings is 1. The van der Waals surface area contributed by atoms with Crippen LogP contribution in [0.1, 0.15) is 48.5 Å². The summed E-state index contributed by atoms with van der Waals surface area (Å²) in [7, 11) is 0. The highest BCUT2D eigenvalue weighted by Gasteiger charge is 2.52. The number of aromatic nitrogens is 1. The minimum atomic E-state index is -0.785. The lowest BCUT2D eigenvalue weighted by Gasteiger charge is -2.42. The number of carbonyl (C=O) groups is 2. The second-order valence-corrected chi connectivity index (χ2v) is 6.63. The summed E-state index contributed by atoms with van der Waals surface area (Å²) < 4.78 is 9.97. The second-order valence-electron chi connectivity index (χ2n) is 6.63. The van der Waals surface area contributed by atoms with Crippen LogP contribution in [0.3, 0.4) is 0 Å². The van der Waals surface area contributed by atoms with Crippen molar-refractivity contribution in [2.75, 3.05) is 6.61 Å². The Morgan fingerprint density at radius 3 is 2.69 bits per heavy atom. The largest absolute Gasteiger partial charge is 0.462 e. The summed E-state index contributed by atoms with van der Waals surface area (Å²) in [4.78, 5) is 30.1. The first-order valence-electron chi connectivity index (χ1n) is 8.68. The molecule has 3 heterocycles. The van der Waals surface area contributed by atoms with E-state index in [0.717, 1.165) is 19.1 Å². The first-order chi connectivity index (χ1) is 12.5.